The van der Waals surface area contributed by atoms with Gasteiger partial charge >= 0.3 is 0 Å². The second-order valence-electron chi connectivity index (χ2n) is 7.89. The third-order valence-electron chi connectivity index (χ3n) is 6.04. The van der Waals surface area contributed by atoms with E-state index in [4.69, 9.17) is 0 Å². The van der Waals surface area contributed by atoms with Crippen LogP contribution >= 0.6 is 0 Å². The van der Waals surface area contributed by atoms with Crippen molar-refractivity contribution < 1.29 is 10.0 Å². The van der Waals surface area contributed by atoms with Crippen molar-refractivity contribution in [2.75, 3.05) is 6.54 Å². The van der Waals surface area contributed by atoms with Gasteiger partial charge in [-0.15, -0.1) is 0 Å². The molecule has 0 spiro atoms. The summed E-state index contributed by atoms with van der Waals surface area (Å²) < 4.78 is 0. The number of non-ortho nitro benzene ring substituents is 1. The largest absolute Gasteiger partial charge is 0.507 e. The van der Waals surface area contributed by atoms with Gasteiger partial charge in [0.25, 0.3) is 5.69 Å². The van der Waals surface area contributed by atoms with Gasteiger partial charge in [0.2, 0.25) is 0 Å². The molecule has 0 aliphatic heterocycles. The van der Waals surface area contributed by atoms with E-state index in [2.05, 4.69) is 4.99 Å². The Morgan fingerprint density at radius 1 is 1.22 bits per heavy atom. The van der Waals surface area contributed by atoms with Gasteiger partial charge in [-0.05, 0) is 67.8 Å². The van der Waals surface area contributed by atoms with E-state index >= 15 is 0 Å². The Bertz CT molecular complexity index is 633. The predicted octanol–water partition coefficient (Wildman–Crippen LogP) is 3.94. The van der Waals surface area contributed by atoms with E-state index in [0.29, 0.717) is 11.0 Å². The highest BCUT2D eigenvalue weighted by Gasteiger charge is 2.50. The molecule has 1 N–H and O–H groups in total. The lowest BCUT2D eigenvalue weighted by molar-refractivity contribution is -0.384. The predicted molar refractivity (Wildman–Crippen MR) is 87.8 cm³/mol. The maximum Gasteiger partial charge on any atom is 0.270 e. The highest BCUT2D eigenvalue weighted by molar-refractivity contribution is 5.84. The molecule has 0 unspecified atom stereocenters. The number of phenolic OH excluding ortho intramolecular Hbond substituents is 1. The molecule has 4 saturated carbocycles. The minimum atomic E-state index is -0.449. The summed E-state index contributed by atoms with van der Waals surface area (Å²) >= 11 is 0. The van der Waals surface area contributed by atoms with Crippen molar-refractivity contribution in [2.24, 2.45) is 28.2 Å². The van der Waals surface area contributed by atoms with Crippen molar-refractivity contribution in [1.29, 1.82) is 0 Å². The Kier molecular flexibility index (Phi) is 3.39. The van der Waals surface area contributed by atoms with Crippen molar-refractivity contribution in [2.45, 2.75) is 38.5 Å². The number of phenols is 1. The molecule has 5 heteroatoms. The zero-order valence-corrected chi connectivity index (χ0v) is 13.1. The lowest BCUT2D eigenvalue weighted by atomic mass is 9.49. The minimum Gasteiger partial charge on any atom is -0.507 e. The first-order valence-electron chi connectivity index (χ1n) is 8.50. The third kappa shape index (κ3) is 2.73. The Morgan fingerprint density at radius 2 is 1.83 bits per heavy atom. The highest BCUT2D eigenvalue weighted by Crippen LogP contribution is 2.60. The Labute approximate surface area is 135 Å². The first-order valence-corrected chi connectivity index (χ1v) is 8.50. The normalized spacial score (nSPS) is 35.0. The summed E-state index contributed by atoms with van der Waals surface area (Å²) in [5, 5.41) is 20.7. The van der Waals surface area contributed by atoms with Gasteiger partial charge in [0, 0.05) is 30.5 Å². The van der Waals surface area contributed by atoms with Crippen LogP contribution in [0.5, 0.6) is 5.75 Å². The summed E-state index contributed by atoms with van der Waals surface area (Å²) in [7, 11) is 0. The van der Waals surface area contributed by atoms with Crippen LogP contribution < -0.4 is 0 Å². The summed E-state index contributed by atoms with van der Waals surface area (Å²) in [6.07, 6.45) is 9.71. The molecule has 4 aliphatic carbocycles. The van der Waals surface area contributed by atoms with E-state index < -0.39 is 4.92 Å². The molecule has 23 heavy (non-hydrogen) atoms. The Hall–Kier alpha value is -1.91. The third-order valence-corrected chi connectivity index (χ3v) is 6.04. The van der Waals surface area contributed by atoms with Crippen molar-refractivity contribution in [3.8, 4) is 5.75 Å². The standard InChI is InChI=1S/C18H22N2O3/c21-17-2-1-16(20(22)23)6-15(17)10-19-11-18-7-12-3-13(8-18)5-14(4-12)9-18/h1-2,6,10,12-14,21H,3-5,7-9,11H2. The molecular formula is C18H22N2O3. The van der Waals surface area contributed by atoms with E-state index in [0.717, 1.165) is 24.3 Å². The van der Waals surface area contributed by atoms with Gasteiger partial charge in [0.15, 0.2) is 0 Å². The molecular weight excluding hydrogens is 292 g/mol. The van der Waals surface area contributed by atoms with Gasteiger partial charge in [-0.2, -0.15) is 0 Å². The maximum atomic E-state index is 10.8. The number of rotatable bonds is 4. The number of nitrogens with zero attached hydrogens (tertiary/aromatic N) is 2. The minimum absolute atomic E-state index is 0.0148. The summed E-state index contributed by atoms with van der Waals surface area (Å²) in [4.78, 5) is 15.0. The van der Waals surface area contributed by atoms with Crippen LogP contribution in [0.25, 0.3) is 0 Å². The second-order valence-corrected chi connectivity index (χ2v) is 7.89. The molecule has 5 nitrogen and oxygen atoms in total. The van der Waals surface area contributed by atoms with Crippen LogP contribution in [0.4, 0.5) is 5.69 Å². The van der Waals surface area contributed by atoms with Crippen molar-refractivity contribution >= 4 is 11.9 Å². The van der Waals surface area contributed by atoms with Crippen LogP contribution in [0.1, 0.15) is 44.1 Å². The van der Waals surface area contributed by atoms with Crippen LogP contribution in [0, 0.1) is 33.3 Å². The van der Waals surface area contributed by atoms with Crippen LogP contribution in [0.15, 0.2) is 23.2 Å². The van der Waals surface area contributed by atoms with E-state index in [-0.39, 0.29) is 11.4 Å². The number of aliphatic imine (C=N–C) groups is 1. The summed E-state index contributed by atoms with van der Waals surface area (Å²) in [6.45, 7) is 0.790. The number of nitro benzene ring substituents is 1. The Morgan fingerprint density at radius 3 is 2.39 bits per heavy atom. The van der Waals surface area contributed by atoms with Gasteiger partial charge < -0.3 is 5.11 Å². The molecule has 0 aromatic heterocycles. The molecule has 0 saturated heterocycles. The van der Waals surface area contributed by atoms with E-state index in [1.165, 1.54) is 56.7 Å². The average Bonchev–Trinajstić information content (AvgIpc) is 2.47. The van der Waals surface area contributed by atoms with Gasteiger partial charge in [0.05, 0.1) is 4.92 Å². The van der Waals surface area contributed by atoms with Gasteiger partial charge in [-0.25, -0.2) is 0 Å². The van der Waals surface area contributed by atoms with Crippen LogP contribution in [-0.4, -0.2) is 22.8 Å². The fraction of sp³-hybridized carbons (Fsp3) is 0.611. The average molecular weight is 314 g/mol. The highest BCUT2D eigenvalue weighted by atomic mass is 16.6. The van der Waals surface area contributed by atoms with Crippen molar-refractivity contribution in [3.63, 3.8) is 0 Å². The topological polar surface area (TPSA) is 75.7 Å². The lowest BCUT2D eigenvalue weighted by Crippen LogP contribution is -2.47. The molecule has 0 atom stereocenters. The molecule has 1 aromatic rings. The fourth-order valence-corrected chi connectivity index (χ4v) is 5.58. The second kappa shape index (κ2) is 5.32. The van der Waals surface area contributed by atoms with Gasteiger partial charge in [-0.1, -0.05) is 0 Å². The fourth-order valence-electron chi connectivity index (χ4n) is 5.58. The van der Waals surface area contributed by atoms with Crippen molar-refractivity contribution in [1.82, 2.24) is 0 Å². The zero-order valence-electron chi connectivity index (χ0n) is 13.1. The quantitative estimate of drug-likeness (QED) is 0.519. The first kappa shape index (κ1) is 14.7. The molecule has 4 fully saturated rings. The van der Waals surface area contributed by atoms with E-state index in [1.54, 1.807) is 6.21 Å². The van der Waals surface area contributed by atoms with Crippen LogP contribution in [0.2, 0.25) is 0 Å². The molecule has 122 valence electrons. The maximum absolute atomic E-state index is 10.8. The zero-order chi connectivity index (χ0) is 16.0. The lowest BCUT2D eigenvalue weighted by Gasteiger charge is -2.56. The summed E-state index contributed by atoms with van der Waals surface area (Å²) in [5.41, 5.74) is 0.768. The Balaban J connectivity index is 1.50. The van der Waals surface area contributed by atoms with Crippen LogP contribution in [-0.2, 0) is 0 Å². The number of nitro groups is 1. The molecule has 4 aliphatic rings. The molecule has 0 amide bonds. The van der Waals surface area contributed by atoms with Crippen LogP contribution in [0.3, 0.4) is 0 Å². The van der Waals surface area contributed by atoms with Gasteiger partial charge in [-0.3, -0.25) is 15.1 Å². The number of hydrogen-bond acceptors (Lipinski definition) is 4. The SMILES string of the molecule is O=[N+]([O-])c1ccc(O)c(C=NCC23CC4CC(CC(C4)C2)C3)c1. The van der Waals surface area contributed by atoms with Crippen molar-refractivity contribution in [3.05, 3.63) is 33.9 Å². The molecule has 0 radical (unpaired) electrons. The number of benzene rings is 1. The molecule has 1 aromatic carbocycles. The smallest absolute Gasteiger partial charge is 0.270 e. The van der Waals surface area contributed by atoms with E-state index in [9.17, 15) is 15.2 Å². The summed E-state index contributed by atoms with van der Waals surface area (Å²) in [5.74, 6) is 2.72. The molecule has 0 heterocycles. The van der Waals surface area contributed by atoms with E-state index in [1.807, 2.05) is 0 Å². The molecule has 5 rings (SSSR count). The van der Waals surface area contributed by atoms with Gasteiger partial charge in [0.1, 0.15) is 5.75 Å². The number of aromatic hydroxyl groups is 1. The monoisotopic (exact) mass is 314 g/mol. The summed E-state index contributed by atoms with van der Waals surface area (Å²) in [6, 6.07) is 4.06. The number of hydrogen-bond donors (Lipinski definition) is 1. The molecule has 4 bridgehead atoms. The first-order chi connectivity index (χ1) is 11.0.